The van der Waals surface area contributed by atoms with Crippen molar-refractivity contribution in [3.63, 3.8) is 0 Å². The molecule has 3 aromatic heterocycles. The predicted molar refractivity (Wildman–Crippen MR) is 166 cm³/mol. The zero-order valence-electron chi connectivity index (χ0n) is 23.4. The number of anilines is 1. The lowest BCUT2D eigenvalue weighted by atomic mass is 10.0. The summed E-state index contributed by atoms with van der Waals surface area (Å²) in [6.07, 6.45) is 5.14. The number of aromatic nitrogens is 3. The number of carbonyl (C=O) groups is 2. The molecule has 42 heavy (non-hydrogen) atoms. The first-order chi connectivity index (χ1) is 20.0. The molecule has 0 atom stereocenters. The molecule has 6 rings (SSSR count). The van der Waals surface area contributed by atoms with Crippen LogP contribution in [0.2, 0.25) is 0 Å². The van der Waals surface area contributed by atoms with Gasteiger partial charge in [0.1, 0.15) is 5.39 Å². The van der Waals surface area contributed by atoms with Crippen LogP contribution in [-0.2, 0) is 13.6 Å². The summed E-state index contributed by atoms with van der Waals surface area (Å²) < 4.78 is 8.96. The lowest BCUT2D eigenvalue weighted by Gasteiger charge is -2.33. The van der Waals surface area contributed by atoms with E-state index in [2.05, 4.69) is 15.2 Å². The van der Waals surface area contributed by atoms with Crippen molar-refractivity contribution in [2.45, 2.75) is 25.4 Å². The Balaban J connectivity index is 0.00000353. The van der Waals surface area contributed by atoms with Crippen LogP contribution in [0.15, 0.2) is 83.9 Å². The van der Waals surface area contributed by atoms with E-state index in [0.29, 0.717) is 16.6 Å². The molecule has 9 nitrogen and oxygen atoms in total. The summed E-state index contributed by atoms with van der Waals surface area (Å²) in [4.78, 5) is 47.3. The fraction of sp³-hybridized carbons (Fsp3) is 0.250. The van der Waals surface area contributed by atoms with E-state index in [0.717, 1.165) is 37.0 Å². The molecule has 0 saturated carbocycles. The van der Waals surface area contributed by atoms with Crippen LogP contribution in [0.5, 0.6) is 5.75 Å². The van der Waals surface area contributed by atoms with E-state index in [9.17, 15) is 14.4 Å². The van der Waals surface area contributed by atoms with Gasteiger partial charge in [-0.1, -0.05) is 48.5 Å². The number of halogens is 1. The molecule has 0 spiro atoms. The number of hydrogen-bond acceptors (Lipinski definition) is 6. The molecule has 10 heteroatoms. The highest BCUT2D eigenvalue weighted by Crippen LogP contribution is 2.35. The molecule has 4 heterocycles. The maximum Gasteiger partial charge on any atom is 0.272 e. The van der Waals surface area contributed by atoms with Gasteiger partial charge in [0.15, 0.2) is 17.2 Å². The number of carbonyl (C=O) groups excluding carboxylic acids is 2. The van der Waals surface area contributed by atoms with Crippen molar-refractivity contribution >= 4 is 51.6 Å². The molecule has 0 aliphatic carbocycles. The van der Waals surface area contributed by atoms with Crippen molar-refractivity contribution in [3.8, 4) is 5.75 Å². The highest BCUT2D eigenvalue weighted by Gasteiger charge is 2.30. The Morgan fingerprint density at radius 1 is 0.976 bits per heavy atom. The first kappa shape index (κ1) is 28.9. The zero-order valence-corrected chi connectivity index (χ0v) is 24.3. The Bertz CT molecular complexity index is 1810. The number of Topliss-reactive ketones (excluding diaryl/α,β-unsaturated/α-hetero) is 1. The van der Waals surface area contributed by atoms with Gasteiger partial charge < -0.3 is 19.5 Å². The molecule has 0 unspecified atom stereocenters. The van der Waals surface area contributed by atoms with Crippen LogP contribution in [0.3, 0.4) is 0 Å². The molecule has 2 aromatic carbocycles. The number of pyridine rings is 2. The van der Waals surface area contributed by atoms with Crippen molar-refractivity contribution in [2.75, 3.05) is 25.1 Å². The SMILES string of the molecule is COc1c(C(=O)NC2CCN(c3ccncc3)CC2)n(C)c2c1c(=O)n(CC(=O)c1ccccc1)c1ccccc21.Cl. The molecular formula is C32H32ClN5O4. The van der Waals surface area contributed by atoms with E-state index in [1.807, 2.05) is 42.5 Å². The molecule has 0 radical (unpaired) electrons. The monoisotopic (exact) mass is 585 g/mol. The van der Waals surface area contributed by atoms with Crippen LogP contribution in [0.25, 0.3) is 21.8 Å². The predicted octanol–water partition coefficient (Wildman–Crippen LogP) is 4.60. The number of hydrogen-bond donors (Lipinski definition) is 1. The van der Waals surface area contributed by atoms with Gasteiger partial charge in [-0.15, -0.1) is 12.4 Å². The highest BCUT2D eigenvalue weighted by molar-refractivity contribution is 6.12. The summed E-state index contributed by atoms with van der Waals surface area (Å²) in [7, 11) is 3.24. The smallest absolute Gasteiger partial charge is 0.272 e. The first-order valence-electron chi connectivity index (χ1n) is 13.7. The topological polar surface area (TPSA) is 98.5 Å². The maximum atomic E-state index is 14.0. The average molecular weight is 586 g/mol. The summed E-state index contributed by atoms with van der Waals surface area (Å²) in [6.45, 7) is 1.49. The Labute approximate surface area is 249 Å². The van der Waals surface area contributed by atoms with Gasteiger partial charge in [0.05, 0.1) is 24.7 Å². The molecule has 1 aliphatic heterocycles. The van der Waals surface area contributed by atoms with Gasteiger partial charge in [0.25, 0.3) is 11.5 Å². The van der Waals surface area contributed by atoms with Crippen molar-refractivity contribution < 1.29 is 14.3 Å². The molecule has 1 aliphatic rings. The average Bonchev–Trinajstić information content (AvgIpc) is 3.32. The van der Waals surface area contributed by atoms with Gasteiger partial charge in [-0.25, -0.2) is 0 Å². The zero-order chi connectivity index (χ0) is 28.5. The molecule has 1 amide bonds. The summed E-state index contributed by atoms with van der Waals surface area (Å²) in [6, 6.07) is 20.3. The van der Waals surface area contributed by atoms with Crippen LogP contribution in [-0.4, -0.2) is 52.0 Å². The Hall–Kier alpha value is -4.63. The largest absolute Gasteiger partial charge is 0.493 e. The van der Waals surface area contributed by atoms with Gasteiger partial charge in [-0.3, -0.25) is 23.9 Å². The second-order valence-electron chi connectivity index (χ2n) is 10.3. The highest BCUT2D eigenvalue weighted by atomic mass is 35.5. The van der Waals surface area contributed by atoms with E-state index in [-0.39, 0.29) is 59.1 Å². The number of ketones is 1. The second kappa shape index (κ2) is 12.1. The minimum Gasteiger partial charge on any atom is -0.493 e. The van der Waals surface area contributed by atoms with Crippen LogP contribution in [0.4, 0.5) is 5.69 Å². The number of methoxy groups -OCH3 is 1. The van der Waals surface area contributed by atoms with E-state index >= 15 is 0 Å². The third-order valence-electron chi connectivity index (χ3n) is 7.93. The molecule has 1 N–H and O–H groups in total. The number of ether oxygens (including phenoxy) is 1. The first-order valence-corrected chi connectivity index (χ1v) is 13.7. The number of nitrogens with zero attached hydrogens (tertiary/aromatic N) is 4. The van der Waals surface area contributed by atoms with E-state index in [4.69, 9.17) is 4.74 Å². The van der Waals surface area contributed by atoms with Crippen molar-refractivity contribution in [3.05, 3.63) is 101 Å². The van der Waals surface area contributed by atoms with E-state index < -0.39 is 0 Å². The lowest BCUT2D eigenvalue weighted by molar-refractivity contribution is 0.0918. The third kappa shape index (κ3) is 5.12. The van der Waals surface area contributed by atoms with Crippen LogP contribution in [0, 0.1) is 0 Å². The molecular weight excluding hydrogens is 554 g/mol. The normalized spacial score (nSPS) is 13.6. The standard InChI is InChI=1S/C32H31N5O4.ClH/c1-35-28-24-10-6-7-11-25(24)37(20-26(38)21-8-4-3-5-9-21)32(40)27(28)30(41-2)29(35)31(39)34-22-14-18-36(19-15-22)23-12-16-33-17-13-23;/h3-13,16-17,22H,14-15,18-20H2,1-2H3,(H,34,39);1H. The number of rotatable bonds is 7. The quantitative estimate of drug-likeness (QED) is 0.280. The minimum absolute atomic E-state index is 0. The number of nitrogens with one attached hydrogen (secondary N) is 1. The lowest BCUT2D eigenvalue weighted by Crippen LogP contribution is -2.45. The van der Waals surface area contributed by atoms with Crippen molar-refractivity contribution in [2.24, 2.45) is 7.05 Å². The molecule has 1 saturated heterocycles. The van der Waals surface area contributed by atoms with Crippen molar-refractivity contribution in [1.82, 2.24) is 19.4 Å². The van der Waals surface area contributed by atoms with Crippen LogP contribution in [0.1, 0.15) is 33.7 Å². The van der Waals surface area contributed by atoms with E-state index in [1.165, 1.54) is 11.7 Å². The number of para-hydroxylation sites is 1. The van der Waals surface area contributed by atoms with E-state index in [1.54, 1.807) is 48.3 Å². The van der Waals surface area contributed by atoms with Gasteiger partial charge in [-0.05, 0) is 31.0 Å². The molecule has 216 valence electrons. The number of amides is 1. The fourth-order valence-corrected chi connectivity index (χ4v) is 5.89. The number of aryl methyl sites for hydroxylation is 1. The van der Waals surface area contributed by atoms with Crippen LogP contribution < -0.4 is 20.5 Å². The number of benzene rings is 2. The van der Waals surface area contributed by atoms with Gasteiger partial charge in [-0.2, -0.15) is 0 Å². The molecule has 0 bridgehead atoms. The summed E-state index contributed by atoms with van der Waals surface area (Å²) in [5.41, 5.74) is 2.78. The summed E-state index contributed by atoms with van der Waals surface area (Å²) in [5.74, 6) is -0.257. The Morgan fingerprint density at radius 3 is 2.33 bits per heavy atom. The number of piperidine rings is 1. The summed E-state index contributed by atoms with van der Waals surface area (Å²) in [5, 5.41) is 4.22. The van der Waals surface area contributed by atoms with Crippen molar-refractivity contribution in [1.29, 1.82) is 0 Å². The minimum atomic E-state index is -0.375. The Morgan fingerprint density at radius 2 is 1.64 bits per heavy atom. The molecule has 1 fully saturated rings. The second-order valence-corrected chi connectivity index (χ2v) is 10.3. The number of fused-ring (bicyclic) bond motifs is 3. The van der Waals surface area contributed by atoms with Crippen LogP contribution >= 0.6 is 12.4 Å². The van der Waals surface area contributed by atoms with Gasteiger partial charge in [0.2, 0.25) is 0 Å². The van der Waals surface area contributed by atoms with Gasteiger partial charge >= 0.3 is 0 Å². The third-order valence-corrected chi connectivity index (χ3v) is 7.93. The maximum absolute atomic E-state index is 14.0. The Kier molecular flexibility index (Phi) is 8.31. The molecule has 5 aromatic rings. The fourth-order valence-electron chi connectivity index (χ4n) is 5.89. The summed E-state index contributed by atoms with van der Waals surface area (Å²) >= 11 is 0. The van der Waals surface area contributed by atoms with Gasteiger partial charge in [0, 0.05) is 55.2 Å².